The van der Waals surface area contributed by atoms with Crippen molar-refractivity contribution in [2.24, 2.45) is 0 Å². The molecule has 3 nitrogen and oxygen atoms in total. The van der Waals surface area contributed by atoms with Crippen molar-refractivity contribution in [1.29, 1.82) is 0 Å². The second kappa shape index (κ2) is 7.80. The lowest BCUT2D eigenvalue weighted by molar-refractivity contribution is 0.143. The van der Waals surface area contributed by atoms with E-state index in [1.54, 1.807) is 7.11 Å². The summed E-state index contributed by atoms with van der Waals surface area (Å²) < 4.78 is 16.9. The van der Waals surface area contributed by atoms with E-state index in [0.29, 0.717) is 37.2 Å². The van der Waals surface area contributed by atoms with Crippen LogP contribution in [0.15, 0.2) is 16.6 Å². The molecule has 0 amide bonds. The number of hydrogen-bond acceptors (Lipinski definition) is 3. The molecule has 0 aliphatic heterocycles. The number of ether oxygens (including phenoxy) is 3. The number of halogens is 2. The van der Waals surface area contributed by atoms with Crippen LogP contribution in [0.3, 0.4) is 0 Å². The van der Waals surface area contributed by atoms with Crippen molar-refractivity contribution >= 4 is 27.5 Å². The third kappa shape index (κ3) is 4.37. The maximum absolute atomic E-state index is 5.81. The van der Waals surface area contributed by atoms with Crippen molar-refractivity contribution < 1.29 is 14.2 Å². The highest BCUT2D eigenvalue weighted by molar-refractivity contribution is 9.10. The summed E-state index contributed by atoms with van der Waals surface area (Å²) in [6.07, 6.45) is 0. The van der Waals surface area contributed by atoms with Crippen LogP contribution in [0, 0.1) is 0 Å². The van der Waals surface area contributed by atoms with Gasteiger partial charge in [0.2, 0.25) is 0 Å². The Morgan fingerprint density at radius 2 is 2.00 bits per heavy atom. The average Bonchev–Trinajstić information content (AvgIpc) is 2.32. The van der Waals surface area contributed by atoms with Gasteiger partial charge >= 0.3 is 0 Å². The van der Waals surface area contributed by atoms with Crippen LogP contribution in [0.5, 0.6) is 11.5 Å². The lowest BCUT2D eigenvalue weighted by atomic mass is 10.2. The van der Waals surface area contributed by atoms with Crippen molar-refractivity contribution in [2.45, 2.75) is 12.8 Å². The minimum Gasteiger partial charge on any atom is -0.490 e. The Kier molecular flexibility index (Phi) is 6.70. The van der Waals surface area contributed by atoms with E-state index in [-0.39, 0.29) is 0 Å². The van der Waals surface area contributed by atoms with Crippen molar-refractivity contribution in [3.05, 3.63) is 22.2 Å². The van der Waals surface area contributed by atoms with Gasteiger partial charge in [-0.2, -0.15) is 0 Å². The van der Waals surface area contributed by atoms with Crippen LogP contribution >= 0.6 is 27.5 Å². The molecule has 1 aromatic rings. The van der Waals surface area contributed by atoms with E-state index < -0.39 is 0 Å². The zero-order valence-electron chi connectivity index (χ0n) is 9.96. The van der Waals surface area contributed by atoms with E-state index in [2.05, 4.69) is 15.9 Å². The normalized spacial score (nSPS) is 10.4. The topological polar surface area (TPSA) is 27.7 Å². The fraction of sp³-hybridized carbons (Fsp3) is 0.500. The van der Waals surface area contributed by atoms with Gasteiger partial charge in [0.15, 0.2) is 11.5 Å². The Bertz CT molecular complexity index is 358. The van der Waals surface area contributed by atoms with Crippen LogP contribution in [-0.2, 0) is 10.6 Å². The third-order valence-corrected chi connectivity index (χ3v) is 2.95. The largest absolute Gasteiger partial charge is 0.490 e. The summed E-state index contributed by atoms with van der Waals surface area (Å²) in [6.45, 7) is 3.53. The van der Waals surface area contributed by atoms with Crippen LogP contribution in [0.25, 0.3) is 0 Å². The molecule has 0 saturated heterocycles. The molecule has 1 rings (SSSR count). The second-order valence-corrected chi connectivity index (χ2v) is 4.43. The number of rotatable bonds is 7. The van der Waals surface area contributed by atoms with Crippen LogP contribution < -0.4 is 9.47 Å². The molecule has 1 aromatic carbocycles. The molecule has 17 heavy (non-hydrogen) atoms. The molecule has 0 aliphatic carbocycles. The summed E-state index contributed by atoms with van der Waals surface area (Å²) in [7, 11) is 1.64. The van der Waals surface area contributed by atoms with Gasteiger partial charge in [-0.3, -0.25) is 0 Å². The standard InChI is InChI=1S/C12H16BrClO3/c1-3-16-11-7-9(8-14)6-10(13)12(11)17-5-4-15-2/h6-7H,3-5,8H2,1-2H3. The number of benzene rings is 1. The molecule has 0 saturated carbocycles. The molecule has 0 spiro atoms. The van der Waals surface area contributed by atoms with Crippen LogP contribution in [-0.4, -0.2) is 26.9 Å². The van der Waals surface area contributed by atoms with Gasteiger partial charge in [-0.05, 0) is 40.5 Å². The highest BCUT2D eigenvalue weighted by Gasteiger charge is 2.11. The monoisotopic (exact) mass is 322 g/mol. The Labute approximate surface area is 115 Å². The van der Waals surface area contributed by atoms with Gasteiger partial charge in [0.1, 0.15) is 6.61 Å². The van der Waals surface area contributed by atoms with Gasteiger partial charge in [-0.15, -0.1) is 11.6 Å². The highest BCUT2D eigenvalue weighted by Crippen LogP contribution is 2.37. The molecular formula is C12H16BrClO3. The van der Waals surface area contributed by atoms with Gasteiger partial charge in [-0.25, -0.2) is 0 Å². The third-order valence-electron chi connectivity index (χ3n) is 2.06. The Balaban J connectivity index is 2.90. The molecule has 96 valence electrons. The zero-order chi connectivity index (χ0) is 12.7. The molecule has 0 radical (unpaired) electrons. The first-order valence-electron chi connectivity index (χ1n) is 5.35. The summed E-state index contributed by atoms with van der Waals surface area (Å²) in [5.41, 5.74) is 0.987. The average molecular weight is 324 g/mol. The van der Waals surface area contributed by atoms with Gasteiger partial charge in [0.05, 0.1) is 17.7 Å². The SMILES string of the molecule is CCOc1cc(CCl)cc(Br)c1OCCOC. The smallest absolute Gasteiger partial charge is 0.175 e. The maximum Gasteiger partial charge on any atom is 0.175 e. The zero-order valence-corrected chi connectivity index (χ0v) is 12.3. The molecule has 0 atom stereocenters. The maximum atomic E-state index is 5.81. The van der Waals surface area contributed by atoms with E-state index in [9.17, 15) is 0 Å². The van der Waals surface area contributed by atoms with Crippen molar-refractivity contribution in [3.8, 4) is 11.5 Å². The van der Waals surface area contributed by atoms with Crippen LogP contribution in [0.1, 0.15) is 12.5 Å². The quantitative estimate of drug-likeness (QED) is 0.567. The summed E-state index contributed by atoms with van der Waals surface area (Å²) in [4.78, 5) is 0. The molecule has 0 fully saturated rings. The lowest BCUT2D eigenvalue weighted by Crippen LogP contribution is -2.06. The summed E-state index contributed by atoms with van der Waals surface area (Å²) in [5, 5.41) is 0. The molecule has 0 bridgehead atoms. The van der Waals surface area contributed by atoms with E-state index >= 15 is 0 Å². The number of hydrogen-bond donors (Lipinski definition) is 0. The first kappa shape index (κ1) is 14.6. The summed E-state index contributed by atoms with van der Waals surface area (Å²) in [6, 6.07) is 3.82. The molecule has 0 aliphatic rings. The van der Waals surface area contributed by atoms with Gasteiger partial charge < -0.3 is 14.2 Å². The molecule has 0 heterocycles. The summed E-state index contributed by atoms with van der Waals surface area (Å²) >= 11 is 9.27. The predicted molar refractivity (Wildman–Crippen MR) is 72.2 cm³/mol. The number of alkyl halides is 1. The van der Waals surface area contributed by atoms with Crippen LogP contribution in [0.4, 0.5) is 0 Å². The summed E-state index contributed by atoms with van der Waals surface area (Å²) in [5.74, 6) is 1.84. The molecule has 0 unspecified atom stereocenters. The van der Waals surface area contributed by atoms with Crippen LogP contribution in [0.2, 0.25) is 0 Å². The van der Waals surface area contributed by atoms with E-state index in [1.807, 2.05) is 19.1 Å². The van der Waals surface area contributed by atoms with Crippen molar-refractivity contribution in [3.63, 3.8) is 0 Å². The molecule has 5 heteroatoms. The van der Waals surface area contributed by atoms with E-state index in [4.69, 9.17) is 25.8 Å². The Morgan fingerprint density at radius 3 is 2.59 bits per heavy atom. The minimum absolute atomic E-state index is 0.441. The Morgan fingerprint density at radius 1 is 1.24 bits per heavy atom. The minimum atomic E-state index is 0.441. The lowest BCUT2D eigenvalue weighted by Gasteiger charge is -2.14. The van der Waals surface area contributed by atoms with Crippen molar-refractivity contribution in [2.75, 3.05) is 26.9 Å². The van der Waals surface area contributed by atoms with E-state index in [1.165, 1.54) is 0 Å². The van der Waals surface area contributed by atoms with E-state index in [0.717, 1.165) is 10.0 Å². The van der Waals surface area contributed by atoms with Gasteiger partial charge in [0, 0.05) is 13.0 Å². The highest BCUT2D eigenvalue weighted by atomic mass is 79.9. The fourth-order valence-corrected chi connectivity index (χ4v) is 2.09. The molecule has 0 N–H and O–H groups in total. The molecule has 0 aromatic heterocycles. The number of methoxy groups -OCH3 is 1. The van der Waals surface area contributed by atoms with Crippen molar-refractivity contribution in [1.82, 2.24) is 0 Å². The fourth-order valence-electron chi connectivity index (χ4n) is 1.33. The second-order valence-electron chi connectivity index (χ2n) is 3.31. The first-order valence-corrected chi connectivity index (χ1v) is 6.68. The first-order chi connectivity index (χ1) is 8.22. The van der Waals surface area contributed by atoms with Gasteiger partial charge in [-0.1, -0.05) is 0 Å². The predicted octanol–water partition coefficient (Wildman–Crippen LogP) is 3.61. The molecular weight excluding hydrogens is 307 g/mol. The Hall–Kier alpha value is -0.450. The van der Waals surface area contributed by atoms with Gasteiger partial charge in [0.25, 0.3) is 0 Å².